The molecule has 0 amide bonds. The second-order valence-electron chi connectivity index (χ2n) is 8.31. The van der Waals surface area contributed by atoms with E-state index in [1.54, 1.807) is 0 Å². The predicted molar refractivity (Wildman–Crippen MR) is 121 cm³/mol. The van der Waals surface area contributed by atoms with Crippen LogP contribution in [-0.2, 0) is 0 Å². The summed E-state index contributed by atoms with van der Waals surface area (Å²) in [5, 5.41) is 12.8. The van der Waals surface area contributed by atoms with E-state index in [0.29, 0.717) is 11.8 Å². The van der Waals surface area contributed by atoms with Crippen molar-refractivity contribution in [1.29, 1.82) is 0 Å². The average molecular weight is 480 g/mol. The van der Waals surface area contributed by atoms with Crippen LogP contribution in [0.5, 0.6) is 0 Å². The summed E-state index contributed by atoms with van der Waals surface area (Å²) in [6.45, 7) is 14.8. The molecule has 2 heterocycles. The highest BCUT2D eigenvalue weighted by atomic mass is 127. The van der Waals surface area contributed by atoms with Crippen molar-refractivity contribution in [2.75, 3.05) is 52.4 Å². The Labute approximate surface area is 178 Å². The maximum atomic E-state index is 9.32. The zero-order valence-electron chi connectivity index (χ0n) is 17.1. The zero-order valence-corrected chi connectivity index (χ0v) is 19.5. The minimum absolute atomic E-state index is 0. The van der Waals surface area contributed by atoms with Crippen LogP contribution in [0.3, 0.4) is 0 Å². The number of nitrogens with zero attached hydrogens (tertiary/aromatic N) is 3. The summed E-state index contributed by atoms with van der Waals surface area (Å²) < 4.78 is 0. The van der Waals surface area contributed by atoms with Crippen molar-refractivity contribution in [3.05, 3.63) is 0 Å². The van der Waals surface area contributed by atoms with Crippen LogP contribution in [0.15, 0.2) is 4.99 Å². The number of likely N-dealkylation sites (tertiary alicyclic amines) is 2. The van der Waals surface area contributed by atoms with Gasteiger partial charge in [0.25, 0.3) is 0 Å². The Kier molecular flexibility index (Phi) is 12.1. The van der Waals surface area contributed by atoms with Crippen molar-refractivity contribution in [1.82, 2.24) is 15.1 Å². The summed E-state index contributed by atoms with van der Waals surface area (Å²) in [4.78, 5) is 10.0. The summed E-state index contributed by atoms with van der Waals surface area (Å²) in [5.74, 6) is 3.01. The van der Waals surface area contributed by atoms with Gasteiger partial charge in [0.1, 0.15) is 0 Å². The number of aliphatic hydroxyl groups excluding tert-OH is 1. The number of aliphatic imine (C=N–C) groups is 1. The number of guanidine groups is 1. The highest BCUT2D eigenvalue weighted by Crippen LogP contribution is 2.21. The molecular formula is C20H41IN4O. The van der Waals surface area contributed by atoms with E-state index in [9.17, 15) is 5.11 Å². The molecule has 6 heteroatoms. The quantitative estimate of drug-likeness (QED) is 0.303. The molecule has 5 nitrogen and oxygen atoms in total. The molecule has 0 bridgehead atoms. The molecule has 0 aromatic rings. The maximum absolute atomic E-state index is 9.32. The summed E-state index contributed by atoms with van der Waals surface area (Å²) in [6, 6.07) is 0. The minimum Gasteiger partial charge on any atom is -0.396 e. The van der Waals surface area contributed by atoms with Gasteiger partial charge in [-0.05, 0) is 69.9 Å². The molecule has 2 aliphatic rings. The van der Waals surface area contributed by atoms with Crippen molar-refractivity contribution < 1.29 is 5.11 Å². The first kappa shape index (κ1) is 24.0. The van der Waals surface area contributed by atoms with Crippen LogP contribution in [0.4, 0.5) is 0 Å². The van der Waals surface area contributed by atoms with Gasteiger partial charge in [0.05, 0.1) is 0 Å². The molecule has 2 atom stereocenters. The van der Waals surface area contributed by atoms with Gasteiger partial charge in [0.2, 0.25) is 0 Å². The van der Waals surface area contributed by atoms with Gasteiger partial charge in [-0.2, -0.15) is 0 Å². The fourth-order valence-electron chi connectivity index (χ4n) is 4.28. The molecule has 0 aromatic carbocycles. The van der Waals surface area contributed by atoms with Crippen LogP contribution in [0, 0.1) is 17.8 Å². The SMILES string of the molecule is CCNC(=NCC(CCO)CC(C)C)N1CCC(CN2CCCC2)C1.I. The Morgan fingerprint density at radius 2 is 1.96 bits per heavy atom. The molecule has 0 aliphatic carbocycles. The molecule has 0 aromatic heterocycles. The number of hydrogen-bond donors (Lipinski definition) is 2. The fraction of sp³-hybridized carbons (Fsp3) is 0.950. The monoisotopic (exact) mass is 480 g/mol. The molecule has 2 unspecified atom stereocenters. The summed E-state index contributed by atoms with van der Waals surface area (Å²) in [5.41, 5.74) is 0. The van der Waals surface area contributed by atoms with E-state index in [-0.39, 0.29) is 30.6 Å². The smallest absolute Gasteiger partial charge is 0.193 e. The minimum atomic E-state index is 0. The molecule has 0 spiro atoms. The van der Waals surface area contributed by atoms with Gasteiger partial charge in [-0.1, -0.05) is 13.8 Å². The van der Waals surface area contributed by atoms with E-state index in [0.717, 1.165) is 50.9 Å². The second-order valence-corrected chi connectivity index (χ2v) is 8.31. The predicted octanol–water partition coefficient (Wildman–Crippen LogP) is 3.03. The molecule has 2 fully saturated rings. The second kappa shape index (κ2) is 13.2. The largest absolute Gasteiger partial charge is 0.396 e. The van der Waals surface area contributed by atoms with Crippen molar-refractivity contribution in [3.63, 3.8) is 0 Å². The molecule has 2 saturated heterocycles. The van der Waals surface area contributed by atoms with E-state index in [1.165, 1.54) is 38.9 Å². The Morgan fingerprint density at radius 3 is 2.58 bits per heavy atom. The third kappa shape index (κ3) is 8.30. The molecular weight excluding hydrogens is 439 g/mol. The standard InChI is InChI=1S/C20H40N4O.HI/c1-4-21-20(22-14-18(8-12-25)13-17(2)3)24-11-7-19(16-24)15-23-9-5-6-10-23;/h17-19,25H,4-16H2,1-3H3,(H,21,22);1H. The van der Waals surface area contributed by atoms with Gasteiger partial charge >= 0.3 is 0 Å². The molecule has 2 aliphatic heterocycles. The number of halogens is 1. The highest BCUT2D eigenvalue weighted by molar-refractivity contribution is 14.0. The van der Waals surface area contributed by atoms with Crippen molar-refractivity contribution >= 4 is 29.9 Å². The molecule has 2 N–H and O–H groups in total. The van der Waals surface area contributed by atoms with Gasteiger partial charge < -0.3 is 20.2 Å². The first-order valence-corrected chi connectivity index (χ1v) is 10.5. The zero-order chi connectivity index (χ0) is 18.1. The van der Waals surface area contributed by atoms with Gasteiger partial charge in [0.15, 0.2) is 5.96 Å². The summed E-state index contributed by atoms with van der Waals surface area (Å²) in [7, 11) is 0. The number of rotatable bonds is 9. The van der Waals surface area contributed by atoms with Crippen molar-refractivity contribution in [2.45, 2.75) is 52.9 Å². The van der Waals surface area contributed by atoms with Crippen LogP contribution >= 0.6 is 24.0 Å². The molecule has 154 valence electrons. The van der Waals surface area contributed by atoms with E-state index in [4.69, 9.17) is 4.99 Å². The van der Waals surface area contributed by atoms with Crippen LogP contribution in [0.1, 0.15) is 52.9 Å². The van der Waals surface area contributed by atoms with E-state index in [1.807, 2.05) is 0 Å². The Hall–Kier alpha value is -0.0800. The van der Waals surface area contributed by atoms with E-state index in [2.05, 4.69) is 35.9 Å². The number of hydrogen-bond acceptors (Lipinski definition) is 3. The molecule has 0 radical (unpaired) electrons. The lowest BCUT2D eigenvalue weighted by Crippen LogP contribution is -2.41. The Balaban J connectivity index is 0.00000338. The molecule has 2 rings (SSSR count). The lowest BCUT2D eigenvalue weighted by molar-refractivity contribution is 0.245. The van der Waals surface area contributed by atoms with Crippen LogP contribution in [0.25, 0.3) is 0 Å². The van der Waals surface area contributed by atoms with Crippen LogP contribution < -0.4 is 5.32 Å². The van der Waals surface area contributed by atoms with Gasteiger partial charge in [-0.25, -0.2) is 0 Å². The number of aliphatic hydroxyl groups is 1. The van der Waals surface area contributed by atoms with Crippen LogP contribution in [0.2, 0.25) is 0 Å². The first-order valence-electron chi connectivity index (χ1n) is 10.5. The average Bonchev–Trinajstić information content (AvgIpc) is 3.23. The van der Waals surface area contributed by atoms with Crippen molar-refractivity contribution in [3.8, 4) is 0 Å². The van der Waals surface area contributed by atoms with Crippen LogP contribution in [-0.4, -0.2) is 73.3 Å². The fourth-order valence-corrected chi connectivity index (χ4v) is 4.28. The topological polar surface area (TPSA) is 51.1 Å². The number of nitrogens with one attached hydrogen (secondary N) is 1. The molecule has 0 saturated carbocycles. The summed E-state index contributed by atoms with van der Waals surface area (Å²) in [6.07, 6.45) is 6.04. The van der Waals surface area contributed by atoms with Gasteiger partial charge in [-0.15, -0.1) is 24.0 Å². The normalized spacial score (nSPS) is 22.7. The summed E-state index contributed by atoms with van der Waals surface area (Å²) >= 11 is 0. The van der Waals surface area contributed by atoms with Gasteiger partial charge in [0, 0.05) is 39.3 Å². The first-order chi connectivity index (χ1) is 12.1. The third-order valence-corrected chi connectivity index (χ3v) is 5.48. The molecule has 26 heavy (non-hydrogen) atoms. The Bertz CT molecular complexity index is 399. The van der Waals surface area contributed by atoms with Gasteiger partial charge in [-0.3, -0.25) is 4.99 Å². The van der Waals surface area contributed by atoms with E-state index >= 15 is 0 Å². The van der Waals surface area contributed by atoms with E-state index < -0.39 is 0 Å². The lowest BCUT2D eigenvalue weighted by atomic mass is 9.94. The lowest BCUT2D eigenvalue weighted by Gasteiger charge is -2.24. The maximum Gasteiger partial charge on any atom is 0.193 e. The third-order valence-electron chi connectivity index (χ3n) is 5.48. The highest BCUT2D eigenvalue weighted by Gasteiger charge is 2.27. The van der Waals surface area contributed by atoms with Crippen molar-refractivity contribution in [2.24, 2.45) is 22.7 Å². The Morgan fingerprint density at radius 1 is 1.23 bits per heavy atom.